The molecule has 0 saturated carbocycles. The molecular formula is C60H66O10. The number of hydrogen-bond donors (Lipinski definition) is 2. The zero-order chi connectivity index (χ0) is 49.2. The van der Waals surface area contributed by atoms with Crippen molar-refractivity contribution in [2.75, 3.05) is 52.9 Å². The molecule has 2 N–H and O–H groups in total. The van der Waals surface area contributed by atoms with Gasteiger partial charge < -0.3 is 38.6 Å². The third-order valence-corrected chi connectivity index (χ3v) is 11.3. The van der Waals surface area contributed by atoms with E-state index in [1.165, 1.54) is 0 Å². The second-order valence-electron chi connectivity index (χ2n) is 17.0. The summed E-state index contributed by atoms with van der Waals surface area (Å²) in [5.41, 5.74) is 3.74. The largest absolute Gasteiger partial charge is 0.494 e. The number of aliphatic hydroxyl groups is 2. The Morgan fingerprint density at radius 3 is 1.13 bits per heavy atom. The fourth-order valence-corrected chi connectivity index (χ4v) is 7.49. The number of aliphatic hydroxyl groups excluding tert-OH is 2. The fraction of sp³-hybridized carbons (Fsp3) is 0.367. The molecular weight excluding hydrogens is 881 g/mol. The van der Waals surface area contributed by atoms with Crippen LogP contribution < -0.4 is 18.9 Å². The van der Waals surface area contributed by atoms with Crippen molar-refractivity contribution in [2.45, 2.75) is 90.9 Å². The number of fused-ring (bicyclic) bond motifs is 2. The topological polar surface area (TPSA) is 130 Å². The van der Waals surface area contributed by atoms with E-state index in [2.05, 4.69) is 23.7 Å². The van der Waals surface area contributed by atoms with Crippen molar-refractivity contribution >= 4 is 33.5 Å². The van der Waals surface area contributed by atoms with E-state index in [9.17, 15) is 9.59 Å². The first-order valence-corrected chi connectivity index (χ1v) is 24.8. The minimum Gasteiger partial charge on any atom is -0.494 e. The molecule has 0 aliphatic carbocycles. The summed E-state index contributed by atoms with van der Waals surface area (Å²) in [6.07, 6.45) is 9.96. The molecule has 6 aromatic carbocycles. The lowest BCUT2D eigenvalue weighted by molar-refractivity contribution is 0.0490. The number of esters is 2. The SMILES string of the molecule is CCCOC(=O)c1cc(C#Cc2ccc3cc(OCCCCCO)ccc3c2)ccc1OCCCCCCOc1ccc(C#Cc2ccc3cc(OCCCCCO)ccc3c2)cc1C(=O)OCCC. The van der Waals surface area contributed by atoms with Crippen molar-refractivity contribution in [3.05, 3.63) is 143 Å². The Hall–Kier alpha value is -6.98. The number of carbonyl (C=O) groups excluding carboxylic acids is 2. The van der Waals surface area contributed by atoms with Crippen LogP contribution in [0.25, 0.3) is 21.5 Å². The van der Waals surface area contributed by atoms with Crippen LogP contribution in [0, 0.1) is 23.7 Å². The van der Waals surface area contributed by atoms with Gasteiger partial charge in [-0.2, -0.15) is 0 Å². The van der Waals surface area contributed by atoms with E-state index in [0.29, 0.717) is 86.2 Å². The van der Waals surface area contributed by atoms with E-state index < -0.39 is 11.9 Å². The summed E-state index contributed by atoms with van der Waals surface area (Å²) in [6, 6.07) is 34.8. The first kappa shape index (κ1) is 52.4. The highest BCUT2D eigenvalue weighted by Crippen LogP contribution is 2.27. The monoisotopic (exact) mass is 946 g/mol. The summed E-state index contributed by atoms with van der Waals surface area (Å²) in [5.74, 6) is 14.6. The van der Waals surface area contributed by atoms with Crippen molar-refractivity contribution < 1.29 is 48.2 Å². The second-order valence-corrected chi connectivity index (χ2v) is 17.0. The lowest BCUT2D eigenvalue weighted by Crippen LogP contribution is -2.10. The molecule has 10 heteroatoms. The Kier molecular flexibility index (Phi) is 21.8. The number of hydrogen-bond acceptors (Lipinski definition) is 10. The molecule has 0 saturated heterocycles. The maximum atomic E-state index is 13.2. The third kappa shape index (κ3) is 16.9. The minimum absolute atomic E-state index is 0.207. The third-order valence-electron chi connectivity index (χ3n) is 11.3. The molecule has 0 aliphatic rings. The maximum Gasteiger partial charge on any atom is 0.341 e. The summed E-state index contributed by atoms with van der Waals surface area (Å²) in [5, 5.41) is 22.2. The Bertz CT molecular complexity index is 2570. The normalized spacial score (nSPS) is 10.7. The van der Waals surface area contributed by atoms with Crippen molar-refractivity contribution in [2.24, 2.45) is 0 Å². The number of ether oxygens (including phenoxy) is 6. The molecule has 0 unspecified atom stereocenters. The molecule has 70 heavy (non-hydrogen) atoms. The minimum atomic E-state index is -0.444. The highest BCUT2D eigenvalue weighted by Gasteiger charge is 2.17. The van der Waals surface area contributed by atoms with Gasteiger partial charge in [-0.1, -0.05) is 61.8 Å². The van der Waals surface area contributed by atoms with Crippen LogP contribution in [0.1, 0.15) is 134 Å². The average Bonchev–Trinajstić information content (AvgIpc) is 3.39. The Morgan fingerprint density at radius 2 is 0.729 bits per heavy atom. The van der Waals surface area contributed by atoms with Gasteiger partial charge in [-0.05, 0) is 184 Å². The molecule has 0 fully saturated rings. The van der Waals surface area contributed by atoms with Gasteiger partial charge in [-0.3, -0.25) is 0 Å². The molecule has 0 spiro atoms. The summed E-state index contributed by atoms with van der Waals surface area (Å²) >= 11 is 0. The van der Waals surface area contributed by atoms with Crippen LogP contribution >= 0.6 is 0 Å². The van der Waals surface area contributed by atoms with Crippen LogP contribution in [0.15, 0.2) is 109 Å². The molecule has 0 atom stereocenters. The Labute approximate surface area is 413 Å². The van der Waals surface area contributed by atoms with Crippen molar-refractivity contribution in [3.8, 4) is 46.7 Å². The molecule has 6 rings (SSSR count). The number of benzene rings is 6. The van der Waals surface area contributed by atoms with Crippen LogP contribution in [0.4, 0.5) is 0 Å². The Balaban J connectivity index is 0.988. The van der Waals surface area contributed by atoms with Gasteiger partial charge in [-0.15, -0.1) is 0 Å². The van der Waals surface area contributed by atoms with Crippen molar-refractivity contribution in [1.29, 1.82) is 0 Å². The highest BCUT2D eigenvalue weighted by molar-refractivity contribution is 5.94. The summed E-state index contributed by atoms with van der Waals surface area (Å²) in [7, 11) is 0. The number of carbonyl (C=O) groups is 2. The van der Waals surface area contributed by atoms with Gasteiger partial charge in [0.15, 0.2) is 0 Å². The zero-order valence-corrected chi connectivity index (χ0v) is 40.7. The van der Waals surface area contributed by atoms with Gasteiger partial charge >= 0.3 is 11.9 Å². The Morgan fingerprint density at radius 1 is 0.386 bits per heavy atom. The van der Waals surface area contributed by atoms with Crippen molar-refractivity contribution in [3.63, 3.8) is 0 Å². The van der Waals surface area contributed by atoms with E-state index in [0.717, 1.165) is 108 Å². The summed E-state index contributed by atoms with van der Waals surface area (Å²) in [4.78, 5) is 26.3. The molecule has 0 aromatic heterocycles. The van der Waals surface area contributed by atoms with E-state index >= 15 is 0 Å². The first-order valence-electron chi connectivity index (χ1n) is 24.8. The first-order chi connectivity index (χ1) is 34.4. The summed E-state index contributed by atoms with van der Waals surface area (Å²) in [6.45, 7) is 7.01. The van der Waals surface area contributed by atoms with E-state index in [1.807, 2.05) is 98.8 Å². The van der Waals surface area contributed by atoms with Crippen LogP contribution in [0.5, 0.6) is 23.0 Å². The fourth-order valence-electron chi connectivity index (χ4n) is 7.49. The van der Waals surface area contributed by atoms with Gasteiger partial charge in [0, 0.05) is 35.5 Å². The number of rotatable bonds is 27. The predicted octanol–water partition coefficient (Wildman–Crippen LogP) is 12.0. The average molecular weight is 947 g/mol. The quantitative estimate of drug-likeness (QED) is 0.0292. The van der Waals surface area contributed by atoms with Crippen LogP contribution in [-0.2, 0) is 9.47 Å². The van der Waals surface area contributed by atoms with Crippen LogP contribution in [0.2, 0.25) is 0 Å². The van der Waals surface area contributed by atoms with Gasteiger partial charge in [0.05, 0.1) is 39.6 Å². The molecule has 366 valence electrons. The predicted molar refractivity (Wildman–Crippen MR) is 276 cm³/mol. The van der Waals surface area contributed by atoms with Gasteiger partial charge in [0.1, 0.15) is 34.1 Å². The molecule has 0 radical (unpaired) electrons. The molecule has 10 nitrogen and oxygen atoms in total. The standard InChI is InChI=1S/C60H66O10/c1-3-33-69-59(63)55-41-47(17-15-45-19-23-51-43-53(27-25-49(51)39-45)65-35-13-7-9-31-61)21-29-57(55)67-37-11-5-6-12-38-68-58-30-22-48(42-56(58)60(64)70-34-4-2)18-16-46-20-24-52-44-54(28-26-50(52)40-46)66-36-14-8-10-32-62/h19-30,39-44,61-62H,3-14,31-38H2,1-2H3. The van der Waals surface area contributed by atoms with E-state index in [-0.39, 0.29) is 13.2 Å². The maximum absolute atomic E-state index is 13.2. The van der Waals surface area contributed by atoms with E-state index in [1.54, 1.807) is 24.3 Å². The molecule has 0 heterocycles. The molecule has 0 amide bonds. The van der Waals surface area contributed by atoms with Gasteiger partial charge in [0.2, 0.25) is 0 Å². The summed E-state index contributed by atoms with van der Waals surface area (Å²) < 4.78 is 35.1. The van der Waals surface area contributed by atoms with Crippen LogP contribution in [-0.4, -0.2) is 75.0 Å². The lowest BCUT2D eigenvalue weighted by atomic mass is 10.1. The molecule has 0 bridgehead atoms. The zero-order valence-electron chi connectivity index (χ0n) is 40.7. The lowest BCUT2D eigenvalue weighted by Gasteiger charge is -2.13. The van der Waals surface area contributed by atoms with Crippen molar-refractivity contribution in [1.82, 2.24) is 0 Å². The second kappa shape index (κ2) is 29.1. The smallest absolute Gasteiger partial charge is 0.341 e. The molecule has 6 aromatic rings. The van der Waals surface area contributed by atoms with Gasteiger partial charge in [0.25, 0.3) is 0 Å². The van der Waals surface area contributed by atoms with Gasteiger partial charge in [-0.25, -0.2) is 9.59 Å². The number of unbranched alkanes of at least 4 members (excludes halogenated alkanes) is 7. The van der Waals surface area contributed by atoms with Crippen LogP contribution in [0.3, 0.4) is 0 Å². The molecule has 0 aliphatic heterocycles. The highest BCUT2D eigenvalue weighted by atomic mass is 16.5. The van der Waals surface area contributed by atoms with E-state index in [4.69, 9.17) is 38.6 Å².